The molecule has 39 heavy (non-hydrogen) atoms. The molecule has 0 aliphatic heterocycles. The van der Waals surface area contributed by atoms with Crippen molar-refractivity contribution in [3.8, 4) is 18.9 Å². The first kappa shape index (κ1) is 38.1. The van der Waals surface area contributed by atoms with Crippen LogP contribution in [0.4, 0.5) is 4.79 Å². The summed E-state index contributed by atoms with van der Waals surface area (Å²) < 4.78 is 31.6. The first-order chi connectivity index (χ1) is 18.7. The number of hydrogen-bond acceptors (Lipinski definition) is 7. The van der Waals surface area contributed by atoms with Gasteiger partial charge in [-0.05, 0) is 43.9 Å². The molecule has 1 aromatic rings. The minimum Gasteiger partial charge on any atom is -0.448 e. The Bertz CT molecular complexity index is 983. The van der Waals surface area contributed by atoms with Gasteiger partial charge >= 0.3 is 6.09 Å². The molecule has 0 heterocycles. The molecular formula is C29H48N4O5S. The van der Waals surface area contributed by atoms with Gasteiger partial charge in [-0.2, -0.15) is 5.26 Å². The molecule has 0 spiro atoms. The van der Waals surface area contributed by atoms with E-state index < -0.39 is 38.9 Å². The van der Waals surface area contributed by atoms with E-state index >= 15 is 0 Å². The maximum Gasteiger partial charge on any atom is 0.407 e. The number of carbonyl (C=O) groups is 2. The fourth-order valence-electron chi connectivity index (χ4n) is 3.99. The number of nitrogens with one attached hydrogen (secondary N) is 1. The normalized spacial score (nSPS) is 11.1. The van der Waals surface area contributed by atoms with Gasteiger partial charge in [0.05, 0.1) is 23.5 Å². The van der Waals surface area contributed by atoms with Crippen molar-refractivity contribution in [2.75, 3.05) is 26.0 Å². The summed E-state index contributed by atoms with van der Waals surface area (Å²) in [5, 5.41) is 10.6. The van der Waals surface area contributed by atoms with Gasteiger partial charge in [-0.3, -0.25) is 4.79 Å². The van der Waals surface area contributed by atoms with Gasteiger partial charge in [0.2, 0.25) is 5.91 Å². The van der Waals surface area contributed by atoms with Crippen LogP contribution in [0.5, 0.6) is 0 Å². The fraction of sp³-hybridized carbons (Fsp3) is 0.621. The third-order valence-electron chi connectivity index (χ3n) is 5.74. The molecular weight excluding hydrogens is 516 g/mol. The van der Waals surface area contributed by atoms with Gasteiger partial charge in [0.25, 0.3) is 0 Å². The minimum absolute atomic E-state index is 0.00906. The van der Waals surface area contributed by atoms with Crippen molar-refractivity contribution in [2.45, 2.75) is 90.5 Å². The van der Waals surface area contributed by atoms with Crippen LogP contribution >= 0.6 is 0 Å². The topological polar surface area (TPSA) is 143 Å². The van der Waals surface area contributed by atoms with Gasteiger partial charge in [0, 0.05) is 13.1 Å². The molecule has 0 fully saturated rings. The molecule has 1 rings (SSSR count). The number of nitrogens with zero attached hydrogens (tertiary/aromatic N) is 2. The zero-order valence-corrected chi connectivity index (χ0v) is 25.1. The maximum absolute atomic E-state index is 13.6. The Labute approximate surface area is 236 Å². The molecule has 10 heteroatoms. The molecule has 0 aliphatic rings. The van der Waals surface area contributed by atoms with E-state index in [9.17, 15) is 18.0 Å². The van der Waals surface area contributed by atoms with Gasteiger partial charge in [0.15, 0.2) is 9.84 Å². The average Bonchev–Trinajstić information content (AvgIpc) is 2.94. The van der Waals surface area contributed by atoms with Crippen LogP contribution < -0.4 is 11.1 Å². The Morgan fingerprint density at radius 2 is 1.67 bits per heavy atom. The van der Waals surface area contributed by atoms with E-state index in [1.54, 1.807) is 4.90 Å². The number of aryl methyl sites for hydroxylation is 1. The second-order valence-electron chi connectivity index (χ2n) is 8.70. The molecule has 0 aromatic heterocycles. The lowest BCUT2D eigenvalue weighted by atomic mass is 10.1. The smallest absolute Gasteiger partial charge is 0.407 e. The van der Waals surface area contributed by atoms with Crippen LogP contribution in [-0.4, -0.2) is 62.6 Å². The standard InChI is InChI=1S/C26H41N3O5S.C2H2.CH5N/c1-5-11-23(12-6-2)35(32,33)20-24(28-26(31)34-17-10-15-27)25(30)29(16-7-3)19-22-14-9-13-21(8-4)18-22;2*1-2/h9,13-14,18,23-24H,5-8,10-12,16-17,19-20H2,1-4H3,(H,28,31);1-2H;2H2,1H3/t24-;;/m1../s1. The summed E-state index contributed by atoms with van der Waals surface area (Å²) in [4.78, 5) is 27.6. The summed E-state index contributed by atoms with van der Waals surface area (Å²) in [6.07, 6.45) is 11.1. The Morgan fingerprint density at radius 1 is 1.08 bits per heavy atom. The molecule has 0 radical (unpaired) electrons. The summed E-state index contributed by atoms with van der Waals surface area (Å²) in [7, 11) is -2.16. The third-order valence-corrected chi connectivity index (χ3v) is 8.03. The number of ether oxygens (including phenoxy) is 1. The van der Waals surface area contributed by atoms with Crippen molar-refractivity contribution in [3.63, 3.8) is 0 Å². The van der Waals surface area contributed by atoms with E-state index in [2.05, 4.69) is 30.8 Å². The molecule has 1 atom stereocenters. The zero-order valence-electron chi connectivity index (χ0n) is 24.3. The zero-order chi connectivity index (χ0) is 30.3. The highest BCUT2D eigenvalue weighted by atomic mass is 32.2. The summed E-state index contributed by atoms with van der Waals surface area (Å²) >= 11 is 0. The van der Waals surface area contributed by atoms with Crippen LogP contribution in [0.25, 0.3) is 0 Å². The van der Waals surface area contributed by atoms with Crippen LogP contribution in [0.2, 0.25) is 0 Å². The number of nitriles is 1. The molecule has 1 aromatic carbocycles. The largest absolute Gasteiger partial charge is 0.448 e. The van der Waals surface area contributed by atoms with Crippen LogP contribution in [0, 0.1) is 24.2 Å². The van der Waals surface area contributed by atoms with Crippen LogP contribution in [0.1, 0.15) is 77.3 Å². The number of benzene rings is 1. The molecule has 0 saturated carbocycles. The van der Waals surface area contributed by atoms with E-state index in [0.29, 0.717) is 45.2 Å². The van der Waals surface area contributed by atoms with E-state index in [1.807, 2.05) is 51.1 Å². The maximum atomic E-state index is 13.6. The van der Waals surface area contributed by atoms with Gasteiger partial charge in [-0.1, -0.05) is 64.8 Å². The van der Waals surface area contributed by atoms with Gasteiger partial charge in [0.1, 0.15) is 12.6 Å². The molecule has 0 bridgehead atoms. The molecule has 0 unspecified atom stereocenters. The van der Waals surface area contributed by atoms with Crippen molar-refractivity contribution >= 4 is 21.8 Å². The molecule has 9 nitrogen and oxygen atoms in total. The van der Waals surface area contributed by atoms with Crippen molar-refractivity contribution in [1.82, 2.24) is 10.2 Å². The van der Waals surface area contributed by atoms with Crippen LogP contribution in [-0.2, 0) is 32.3 Å². The predicted octanol–water partition coefficient (Wildman–Crippen LogP) is 4.20. The highest BCUT2D eigenvalue weighted by Gasteiger charge is 2.34. The Kier molecular flexibility index (Phi) is 22.3. The summed E-state index contributed by atoms with van der Waals surface area (Å²) in [6.45, 7) is 8.46. The van der Waals surface area contributed by atoms with Crippen molar-refractivity contribution < 1.29 is 22.7 Å². The number of hydrogen-bond donors (Lipinski definition) is 2. The van der Waals surface area contributed by atoms with Crippen molar-refractivity contribution in [3.05, 3.63) is 35.4 Å². The van der Waals surface area contributed by atoms with E-state index in [4.69, 9.17) is 10.00 Å². The highest BCUT2D eigenvalue weighted by molar-refractivity contribution is 7.92. The number of rotatable bonds is 16. The first-order valence-corrected chi connectivity index (χ1v) is 15.2. The van der Waals surface area contributed by atoms with Gasteiger partial charge in [-0.15, -0.1) is 12.8 Å². The van der Waals surface area contributed by atoms with Crippen molar-refractivity contribution in [1.29, 1.82) is 5.26 Å². The van der Waals surface area contributed by atoms with Gasteiger partial charge < -0.3 is 20.7 Å². The second-order valence-corrected chi connectivity index (χ2v) is 11.0. The number of terminal acetylenes is 1. The molecule has 0 saturated heterocycles. The predicted molar refractivity (Wildman–Crippen MR) is 157 cm³/mol. The van der Waals surface area contributed by atoms with E-state index in [1.165, 1.54) is 7.05 Å². The molecule has 220 valence electrons. The fourth-order valence-corrected chi connectivity index (χ4v) is 6.14. The minimum atomic E-state index is -3.66. The Balaban J connectivity index is 0. The third kappa shape index (κ3) is 15.2. The lowest BCUT2D eigenvalue weighted by Gasteiger charge is -2.29. The number of amides is 2. The van der Waals surface area contributed by atoms with Crippen LogP contribution in [0.3, 0.4) is 0 Å². The summed E-state index contributed by atoms with van der Waals surface area (Å²) in [5.41, 5.74) is 6.59. The Morgan fingerprint density at radius 3 is 2.18 bits per heavy atom. The second kappa shape index (κ2) is 22.9. The molecule has 2 amide bonds. The monoisotopic (exact) mass is 564 g/mol. The van der Waals surface area contributed by atoms with E-state index in [-0.39, 0.29) is 13.0 Å². The summed E-state index contributed by atoms with van der Waals surface area (Å²) in [6, 6.07) is 8.53. The summed E-state index contributed by atoms with van der Waals surface area (Å²) in [5.74, 6) is -0.944. The SMILES string of the molecule is C#C.CCCC(CCC)S(=O)(=O)C[C@@H](NC(=O)OCCC#N)C(=O)N(CCC)Cc1cccc(CC)c1.CN. The number of carbonyl (C=O) groups excluding carboxylic acids is 2. The van der Waals surface area contributed by atoms with Gasteiger partial charge in [-0.25, -0.2) is 13.2 Å². The number of nitrogens with two attached hydrogens (primary N) is 1. The average molecular weight is 565 g/mol. The Hall–Kier alpha value is -3.08. The molecule has 0 aliphatic carbocycles. The quantitative estimate of drug-likeness (QED) is 0.226. The lowest BCUT2D eigenvalue weighted by Crippen LogP contribution is -2.52. The number of sulfone groups is 1. The van der Waals surface area contributed by atoms with Crippen LogP contribution in [0.15, 0.2) is 24.3 Å². The number of alkyl carbamates (subject to hydrolysis) is 1. The van der Waals surface area contributed by atoms with Crippen molar-refractivity contribution in [2.24, 2.45) is 5.73 Å². The lowest BCUT2D eigenvalue weighted by molar-refractivity contribution is -0.133. The highest BCUT2D eigenvalue weighted by Crippen LogP contribution is 2.18. The first-order valence-electron chi connectivity index (χ1n) is 13.5. The molecule has 3 N–H and O–H groups in total. The van der Waals surface area contributed by atoms with E-state index in [0.717, 1.165) is 17.5 Å².